The van der Waals surface area contributed by atoms with Gasteiger partial charge in [-0.15, -0.1) is 0 Å². The van der Waals surface area contributed by atoms with Crippen LogP contribution in [0.15, 0.2) is 53.1 Å². The Morgan fingerprint density at radius 3 is 2.52 bits per heavy atom. The van der Waals surface area contributed by atoms with Crippen molar-refractivity contribution in [1.29, 1.82) is 0 Å². The molecule has 2 N–H and O–H groups in total. The van der Waals surface area contributed by atoms with Crippen molar-refractivity contribution in [1.82, 2.24) is 10.5 Å². The molecule has 2 aromatic rings. The highest BCUT2D eigenvalue weighted by Crippen LogP contribution is 2.56. The molecule has 1 aromatic heterocycles. The first kappa shape index (κ1) is 21.4. The predicted octanol–water partition coefficient (Wildman–Crippen LogP) is 2.19. The molecule has 9 heteroatoms. The Hall–Kier alpha value is -3.46. The van der Waals surface area contributed by atoms with Gasteiger partial charge in [0.25, 0.3) is 0 Å². The molecule has 0 radical (unpaired) electrons. The predicted molar refractivity (Wildman–Crippen MR) is 119 cm³/mol. The van der Waals surface area contributed by atoms with Gasteiger partial charge in [-0.1, -0.05) is 35.5 Å². The van der Waals surface area contributed by atoms with Gasteiger partial charge in [0.05, 0.1) is 17.9 Å². The lowest BCUT2D eigenvalue weighted by Crippen LogP contribution is -2.58. The standard InChI is InChI=1S/C24H26N4O5/c1-13-12-16(27-33-13)25-20(29)17-15-10-11-24(32-15)18(17)22(31)28(14-8-6-5-7-9-14)19(24)21(30)26-23(2,3)4/h5-12,15,17-19H,1-4H3,(H,26,30)(H,25,27,29)/t15-,17-,18-,19+,24-/m0/s1. The minimum Gasteiger partial charge on any atom is -0.360 e. The average molecular weight is 450 g/mol. The number of amides is 3. The van der Waals surface area contributed by atoms with Crippen LogP contribution in [0.4, 0.5) is 11.5 Å². The molecule has 172 valence electrons. The first-order valence-electron chi connectivity index (χ1n) is 10.9. The first-order valence-corrected chi connectivity index (χ1v) is 10.9. The van der Waals surface area contributed by atoms with E-state index in [0.717, 1.165) is 0 Å². The minimum absolute atomic E-state index is 0.269. The van der Waals surface area contributed by atoms with Crippen molar-refractivity contribution in [2.75, 3.05) is 10.2 Å². The Bertz CT molecular complexity index is 1150. The lowest BCUT2D eigenvalue weighted by Gasteiger charge is -2.34. The van der Waals surface area contributed by atoms with Crippen LogP contribution >= 0.6 is 0 Å². The van der Waals surface area contributed by atoms with Crippen molar-refractivity contribution in [3.63, 3.8) is 0 Å². The highest BCUT2D eigenvalue weighted by molar-refractivity contribution is 6.11. The third-order valence-corrected chi connectivity index (χ3v) is 6.24. The molecule has 3 amide bonds. The molecule has 3 aliphatic rings. The normalized spacial score (nSPS) is 29.9. The van der Waals surface area contributed by atoms with Crippen molar-refractivity contribution in [2.24, 2.45) is 11.8 Å². The van der Waals surface area contributed by atoms with Crippen LogP contribution in [0.2, 0.25) is 0 Å². The number of benzene rings is 1. The average Bonchev–Trinajstić information content (AvgIpc) is 3.48. The molecule has 1 spiro atoms. The molecule has 1 aromatic carbocycles. The number of hydrogen-bond acceptors (Lipinski definition) is 6. The summed E-state index contributed by atoms with van der Waals surface area (Å²) in [5, 5.41) is 9.53. The van der Waals surface area contributed by atoms with Crippen LogP contribution in [0, 0.1) is 18.8 Å². The van der Waals surface area contributed by atoms with Gasteiger partial charge in [-0.3, -0.25) is 19.3 Å². The van der Waals surface area contributed by atoms with Gasteiger partial charge < -0.3 is 19.9 Å². The maximum atomic E-state index is 13.8. The van der Waals surface area contributed by atoms with Crippen LogP contribution in [-0.2, 0) is 19.1 Å². The van der Waals surface area contributed by atoms with Crippen LogP contribution in [0.3, 0.4) is 0 Å². The smallest absolute Gasteiger partial charge is 0.246 e. The Kier molecular flexibility index (Phi) is 4.72. The number of nitrogens with zero attached hydrogens (tertiary/aromatic N) is 2. The Morgan fingerprint density at radius 2 is 1.88 bits per heavy atom. The number of aryl methyl sites for hydroxylation is 1. The van der Waals surface area contributed by atoms with E-state index in [1.165, 1.54) is 4.90 Å². The Labute approximate surface area is 191 Å². The van der Waals surface area contributed by atoms with Crippen LogP contribution in [0.5, 0.6) is 0 Å². The topological polar surface area (TPSA) is 114 Å². The fourth-order valence-corrected chi connectivity index (χ4v) is 5.11. The van der Waals surface area contributed by atoms with Crippen LogP contribution in [0.25, 0.3) is 0 Å². The molecule has 2 saturated heterocycles. The lowest BCUT2D eigenvalue weighted by atomic mass is 9.74. The maximum absolute atomic E-state index is 13.8. The van der Waals surface area contributed by atoms with Crippen LogP contribution in [-0.4, -0.2) is 46.2 Å². The zero-order chi connectivity index (χ0) is 23.5. The van der Waals surface area contributed by atoms with Gasteiger partial charge in [0, 0.05) is 17.3 Å². The van der Waals surface area contributed by atoms with E-state index < -0.39 is 41.0 Å². The number of fused-ring (bicyclic) bond motifs is 1. The summed E-state index contributed by atoms with van der Waals surface area (Å²) in [4.78, 5) is 42.1. The van der Waals surface area contributed by atoms with Crippen molar-refractivity contribution in [2.45, 2.75) is 51.0 Å². The number of anilines is 2. The summed E-state index contributed by atoms with van der Waals surface area (Å²) in [6.45, 7) is 7.35. The zero-order valence-corrected chi connectivity index (χ0v) is 18.9. The maximum Gasteiger partial charge on any atom is 0.246 e. The van der Waals surface area contributed by atoms with Gasteiger partial charge in [-0.05, 0) is 39.8 Å². The van der Waals surface area contributed by atoms with E-state index >= 15 is 0 Å². The van der Waals surface area contributed by atoms with Gasteiger partial charge in [0.2, 0.25) is 17.7 Å². The first-order chi connectivity index (χ1) is 15.6. The zero-order valence-electron chi connectivity index (χ0n) is 18.9. The van der Waals surface area contributed by atoms with E-state index in [1.807, 2.05) is 26.8 Å². The highest BCUT2D eigenvalue weighted by Gasteiger charge is 2.73. The van der Waals surface area contributed by atoms with Crippen LogP contribution < -0.4 is 15.5 Å². The van der Waals surface area contributed by atoms with Crippen LogP contribution in [0.1, 0.15) is 26.5 Å². The number of ether oxygens (including phenoxy) is 1. The van der Waals surface area contributed by atoms with Gasteiger partial charge in [0.1, 0.15) is 17.4 Å². The molecule has 5 atom stereocenters. The largest absolute Gasteiger partial charge is 0.360 e. The molecule has 2 fully saturated rings. The molecule has 3 aliphatic heterocycles. The minimum atomic E-state index is -1.24. The van der Waals surface area contributed by atoms with Gasteiger partial charge in [-0.2, -0.15) is 0 Å². The molecule has 9 nitrogen and oxygen atoms in total. The monoisotopic (exact) mass is 450 g/mol. The number of rotatable bonds is 4. The molecule has 0 aliphatic carbocycles. The highest BCUT2D eigenvalue weighted by atomic mass is 16.5. The van der Waals surface area contributed by atoms with Crippen molar-refractivity contribution < 1.29 is 23.6 Å². The molecular weight excluding hydrogens is 424 g/mol. The second kappa shape index (κ2) is 7.28. The Balaban J connectivity index is 1.55. The molecule has 4 heterocycles. The molecule has 2 bridgehead atoms. The summed E-state index contributed by atoms with van der Waals surface area (Å²) in [5.41, 5.74) is -1.18. The summed E-state index contributed by atoms with van der Waals surface area (Å²) in [7, 11) is 0. The number of para-hydroxylation sites is 1. The van der Waals surface area contributed by atoms with Gasteiger partial charge >= 0.3 is 0 Å². The summed E-state index contributed by atoms with van der Waals surface area (Å²) >= 11 is 0. The molecule has 0 saturated carbocycles. The summed E-state index contributed by atoms with van der Waals surface area (Å²) in [6.07, 6.45) is 2.93. The molecular formula is C24H26N4O5. The summed E-state index contributed by atoms with van der Waals surface area (Å²) in [5.74, 6) is -1.89. The van der Waals surface area contributed by atoms with E-state index in [1.54, 1.807) is 49.4 Å². The number of carbonyl (C=O) groups excluding carboxylic acids is 3. The molecule has 0 unspecified atom stereocenters. The lowest BCUT2D eigenvalue weighted by molar-refractivity contribution is -0.129. The van der Waals surface area contributed by atoms with Crippen molar-refractivity contribution in [3.05, 3.63) is 54.3 Å². The number of hydrogen-bond donors (Lipinski definition) is 2. The number of aromatic nitrogens is 1. The van der Waals surface area contributed by atoms with Gasteiger partial charge in [-0.25, -0.2) is 0 Å². The van der Waals surface area contributed by atoms with E-state index in [4.69, 9.17) is 9.26 Å². The summed E-state index contributed by atoms with van der Waals surface area (Å²) in [6, 6.07) is 9.64. The fourth-order valence-electron chi connectivity index (χ4n) is 5.11. The molecule has 5 rings (SSSR count). The number of carbonyl (C=O) groups is 3. The fraction of sp³-hybridized carbons (Fsp3) is 0.417. The third kappa shape index (κ3) is 3.34. The van der Waals surface area contributed by atoms with E-state index in [0.29, 0.717) is 11.4 Å². The third-order valence-electron chi connectivity index (χ3n) is 6.24. The quantitative estimate of drug-likeness (QED) is 0.691. The Morgan fingerprint density at radius 1 is 1.15 bits per heavy atom. The van der Waals surface area contributed by atoms with Crippen molar-refractivity contribution >= 4 is 29.2 Å². The van der Waals surface area contributed by atoms with E-state index in [9.17, 15) is 14.4 Å². The summed E-state index contributed by atoms with van der Waals surface area (Å²) < 4.78 is 11.3. The SMILES string of the molecule is Cc1cc(NC(=O)[C@H]2[C@@H]3C=C[C@]4(O3)[C@@H]2C(=O)N(c2ccccc2)[C@@H]4C(=O)NC(C)(C)C)no1. The van der Waals surface area contributed by atoms with E-state index in [2.05, 4.69) is 15.8 Å². The van der Waals surface area contributed by atoms with Gasteiger partial charge in [0.15, 0.2) is 5.82 Å². The second-order valence-electron chi connectivity index (χ2n) is 9.80. The number of nitrogens with one attached hydrogen (secondary N) is 2. The van der Waals surface area contributed by atoms with E-state index in [-0.39, 0.29) is 17.6 Å². The van der Waals surface area contributed by atoms with Crippen molar-refractivity contribution in [3.8, 4) is 0 Å². The molecule has 33 heavy (non-hydrogen) atoms. The second-order valence-corrected chi connectivity index (χ2v) is 9.80.